The summed E-state index contributed by atoms with van der Waals surface area (Å²) in [6.45, 7) is 2.22. The molecule has 0 aromatic heterocycles. The SMILES string of the molecule is CCNC(Cc1c(Cl)cccc1Cl)CC(F)(F)F. The molecule has 0 aliphatic rings. The standard InChI is InChI=1S/C12H14Cl2F3N/c1-2-18-8(7-12(15,16)17)6-9-10(13)4-3-5-11(9)14/h3-5,8,18H,2,6-7H2,1H3. The Hall–Kier alpha value is -0.450. The highest BCUT2D eigenvalue weighted by Crippen LogP contribution is 2.29. The van der Waals surface area contributed by atoms with E-state index in [1.165, 1.54) is 0 Å². The van der Waals surface area contributed by atoms with E-state index < -0.39 is 18.6 Å². The lowest BCUT2D eigenvalue weighted by atomic mass is 10.0. The second-order valence-electron chi connectivity index (χ2n) is 3.98. The summed E-state index contributed by atoms with van der Waals surface area (Å²) >= 11 is 11.9. The molecule has 0 aliphatic carbocycles. The van der Waals surface area contributed by atoms with Crippen molar-refractivity contribution in [1.82, 2.24) is 5.32 Å². The van der Waals surface area contributed by atoms with E-state index in [0.717, 1.165) is 0 Å². The van der Waals surface area contributed by atoms with E-state index in [1.807, 2.05) is 0 Å². The Morgan fingerprint density at radius 1 is 1.22 bits per heavy atom. The number of hydrogen-bond donors (Lipinski definition) is 1. The van der Waals surface area contributed by atoms with Gasteiger partial charge < -0.3 is 5.32 Å². The molecule has 0 saturated heterocycles. The van der Waals surface area contributed by atoms with Gasteiger partial charge in [0.15, 0.2) is 0 Å². The topological polar surface area (TPSA) is 12.0 Å². The second kappa shape index (κ2) is 6.64. The van der Waals surface area contributed by atoms with E-state index in [0.29, 0.717) is 22.2 Å². The number of nitrogens with one attached hydrogen (secondary N) is 1. The average molecular weight is 300 g/mol. The van der Waals surface area contributed by atoms with Crippen LogP contribution in [0.5, 0.6) is 0 Å². The molecule has 1 N–H and O–H groups in total. The number of benzene rings is 1. The average Bonchev–Trinajstić information content (AvgIpc) is 2.21. The van der Waals surface area contributed by atoms with Crippen molar-refractivity contribution in [2.24, 2.45) is 0 Å². The molecule has 1 aromatic rings. The van der Waals surface area contributed by atoms with E-state index >= 15 is 0 Å². The van der Waals surface area contributed by atoms with Gasteiger partial charge in [0.05, 0.1) is 6.42 Å². The maximum absolute atomic E-state index is 12.4. The van der Waals surface area contributed by atoms with Crippen LogP contribution in [-0.4, -0.2) is 18.8 Å². The minimum atomic E-state index is -4.21. The molecular weight excluding hydrogens is 286 g/mol. The summed E-state index contributed by atoms with van der Waals surface area (Å²) < 4.78 is 37.3. The largest absolute Gasteiger partial charge is 0.390 e. The van der Waals surface area contributed by atoms with Crippen molar-refractivity contribution in [3.8, 4) is 0 Å². The Kier molecular flexibility index (Phi) is 5.76. The van der Waals surface area contributed by atoms with Crippen LogP contribution in [0.15, 0.2) is 18.2 Å². The number of rotatable bonds is 5. The van der Waals surface area contributed by atoms with E-state index in [2.05, 4.69) is 5.32 Å². The Bertz CT molecular complexity index is 373. The quantitative estimate of drug-likeness (QED) is 0.846. The van der Waals surface area contributed by atoms with Crippen molar-refractivity contribution >= 4 is 23.2 Å². The number of likely N-dealkylation sites (N-methyl/N-ethyl adjacent to an activating group) is 1. The molecule has 0 bridgehead atoms. The molecule has 0 fully saturated rings. The normalized spacial score (nSPS) is 13.7. The van der Waals surface area contributed by atoms with Crippen molar-refractivity contribution < 1.29 is 13.2 Å². The van der Waals surface area contributed by atoms with Crippen molar-refractivity contribution in [2.45, 2.75) is 32.0 Å². The van der Waals surface area contributed by atoms with Gasteiger partial charge in [0.2, 0.25) is 0 Å². The lowest BCUT2D eigenvalue weighted by Crippen LogP contribution is -2.35. The minimum absolute atomic E-state index is 0.159. The summed E-state index contributed by atoms with van der Waals surface area (Å²) in [5, 5.41) is 3.60. The van der Waals surface area contributed by atoms with Gasteiger partial charge in [0, 0.05) is 16.1 Å². The van der Waals surface area contributed by atoms with Gasteiger partial charge in [-0.25, -0.2) is 0 Å². The molecule has 1 rings (SSSR count). The smallest absolute Gasteiger partial charge is 0.314 e. The lowest BCUT2D eigenvalue weighted by molar-refractivity contribution is -0.139. The Labute approximate surface area is 114 Å². The Balaban J connectivity index is 2.83. The van der Waals surface area contributed by atoms with Crippen molar-refractivity contribution in [3.63, 3.8) is 0 Å². The predicted molar refractivity (Wildman–Crippen MR) is 68.3 cm³/mol. The number of hydrogen-bond acceptors (Lipinski definition) is 1. The van der Waals surface area contributed by atoms with Gasteiger partial charge in [0.25, 0.3) is 0 Å². The van der Waals surface area contributed by atoms with Crippen molar-refractivity contribution in [3.05, 3.63) is 33.8 Å². The van der Waals surface area contributed by atoms with Gasteiger partial charge in [0.1, 0.15) is 0 Å². The molecule has 1 aromatic carbocycles. The van der Waals surface area contributed by atoms with Gasteiger partial charge in [-0.15, -0.1) is 0 Å². The van der Waals surface area contributed by atoms with Crippen LogP contribution < -0.4 is 5.32 Å². The van der Waals surface area contributed by atoms with Crippen LogP contribution in [0.3, 0.4) is 0 Å². The third kappa shape index (κ3) is 5.04. The summed E-state index contributed by atoms with van der Waals surface area (Å²) in [5.41, 5.74) is 0.552. The van der Waals surface area contributed by atoms with Gasteiger partial charge in [-0.3, -0.25) is 0 Å². The zero-order chi connectivity index (χ0) is 13.8. The summed E-state index contributed by atoms with van der Waals surface area (Å²) in [4.78, 5) is 0. The van der Waals surface area contributed by atoms with Crippen LogP contribution in [0.4, 0.5) is 13.2 Å². The summed E-state index contributed by atoms with van der Waals surface area (Å²) in [7, 11) is 0. The van der Waals surface area contributed by atoms with Gasteiger partial charge in [-0.1, -0.05) is 36.2 Å². The summed E-state index contributed by atoms with van der Waals surface area (Å²) in [6, 6.07) is 4.20. The maximum Gasteiger partial charge on any atom is 0.390 e. The van der Waals surface area contributed by atoms with Crippen LogP contribution in [-0.2, 0) is 6.42 Å². The minimum Gasteiger partial charge on any atom is -0.314 e. The molecule has 102 valence electrons. The maximum atomic E-state index is 12.4. The zero-order valence-electron chi connectivity index (χ0n) is 9.82. The summed E-state index contributed by atoms with van der Waals surface area (Å²) in [5.74, 6) is 0. The van der Waals surface area contributed by atoms with Crippen molar-refractivity contribution in [2.75, 3.05) is 6.54 Å². The molecule has 0 heterocycles. The molecule has 1 atom stereocenters. The molecule has 0 saturated carbocycles. The molecule has 6 heteroatoms. The fourth-order valence-electron chi connectivity index (χ4n) is 1.76. The third-order valence-electron chi connectivity index (χ3n) is 2.48. The predicted octanol–water partition coefficient (Wildman–Crippen LogP) is 4.47. The Morgan fingerprint density at radius 3 is 2.22 bits per heavy atom. The molecule has 18 heavy (non-hydrogen) atoms. The van der Waals surface area contributed by atoms with Gasteiger partial charge >= 0.3 is 6.18 Å². The van der Waals surface area contributed by atoms with Crippen LogP contribution in [0.2, 0.25) is 10.0 Å². The number of alkyl halides is 3. The first-order valence-corrected chi connectivity index (χ1v) is 6.32. The highest BCUT2D eigenvalue weighted by molar-refractivity contribution is 6.35. The fourth-order valence-corrected chi connectivity index (χ4v) is 2.31. The lowest BCUT2D eigenvalue weighted by Gasteiger charge is -2.20. The highest BCUT2D eigenvalue weighted by Gasteiger charge is 2.32. The first-order valence-electron chi connectivity index (χ1n) is 5.56. The highest BCUT2D eigenvalue weighted by atomic mass is 35.5. The van der Waals surface area contributed by atoms with E-state index in [9.17, 15) is 13.2 Å². The van der Waals surface area contributed by atoms with Crippen LogP contribution in [0.1, 0.15) is 18.9 Å². The molecule has 0 radical (unpaired) electrons. The number of halogens is 5. The monoisotopic (exact) mass is 299 g/mol. The molecule has 0 aliphatic heterocycles. The van der Waals surface area contributed by atoms with Crippen molar-refractivity contribution in [1.29, 1.82) is 0 Å². The van der Waals surface area contributed by atoms with Gasteiger partial charge in [-0.2, -0.15) is 13.2 Å². The molecule has 1 unspecified atom stereocenters. The molecule has 0 amide bonds. The van der Waals surface area contributed by atoms with Crippen LogP contribution in [0, 0.1) is 0 Å². The zero-order valence-corrected chi connectivity index (χ0v) is 11.3. The first kappa shape index (κ1) is 15.6. The summed E-state index contributed by atoms with van der Waals surface area (Å²) in [6.07, 6.45) is -4.95. The molecule has 0 spiro atoms. The van der Waals surface area contributed by atoms with Gasteiger partial charge in [-0.05, 0) is 30.7 Å². The second-order valence-corrected chi connectivity index (χ2v) is 4.79. The first-order chi connectivity index (χ1) is 8.33. The van der Waals surface area contributed by atoms with Crippen LogP contribution in [0.25, 0.3) is 0 Å². The third-order valence-corrected chi connectivity index (χ3v) is 3.19. The molecular formula is C12H14Cl2F3N. The van der Waals surface area contributed by atoms with E-state index in [-0.39, 0.29) is 6.42 Å². The van der Waals surface area contributed by atoms with E-state index in [4.69, 9.17) is 23.2 Å². The Morgan fingerprint density at radius 2 is 1.78 bits per heavy atom. The molecule has 1 nitrogen and oxygen atoms in total. The fraction of sp³-hybridized carbons (Fsp3) is 0.500. The van der Waals surface area contributed by atoms with Crippen LogP contribution >= 0.6 is 23.2 Å². The van der Waals surface area contributed by atoms with E-state index in [1.54, 1.807) is 25.1 Å².